The third kappa shape index (κ3) is 4.00. The molecule has 1 amide bonds. The van der Waals surface area contributed by atoms with E-state index in [2.05, 4.69) is 25.1 Å². The molecular formula is C26H27N3O2. The third-order valence-electron chi connectivity index (χ3n) is 6.24. The van der Waals surface area contributed by atoms with Crippen LogP contribution in [0.1, 0.15) is 32.0 Å². The first kappa shape index (κ1) is 19.6. The van der Waals surface area contributed by atoms with Gasteiger partial charge in [0.15, 0.2) is 0 Å². The lowest BCUT2D eigenvalue weighted by atomic mass is 10.0. The zero-order valence-corrected chi connectivity index (χ0v) is 17.8. The minimum atomic E-state index is 0.155. The number of amides is 1. The molecule has 0 N–H and O–H groups in total. The van der Waals surface area contributed by atoms with Crippen molar-refractivity contribution < 1.29 is 9.53 Å². The van der Waals surface area contributed by atoms with Gasteiger partial charge in [0.05, 0.1) is 11.0 Å². The van der Waals surface area contributed by atoms with E-state index >= 15 is 0 Å². The normalized spacial score (nSPS) is 16.7. The lowest BCUT2D eigenvalue weighted by molar-refractivity contribution is -0.135. The van der Waals surface area contributed by atoms with Crippen LogP contribution >= 0.6 is 0 Å². The maximum absolute atomic E-state index is 13.1. The number of carbonyl (C=O) groups is 1. The molecule has 0 radical (unpaired) electrons. The lowest BCUT2D eigenvalue weighted by Crippen LogP contribution is -2.43. The number of piperidine rings is 1. The molecule has 1 aliphatic rings. The summed E-state index contributed by atoms with van der Waals surface area (Å²) in [4.78, 5) is 19.9. The van der Waals surface area contributed by atoms with Gasteiger partial charge in [-0.25, -0.2) is 4.98 Å². The van der Waals surface area contributed by atoms with Gasteiger partial charge in [-0.1, -0.05) is 42.5 Å². The van der Waals surface area contributed by atoms with E-state index in [9.17, 15) is 4.79 Å². The molecule has 0 bridgehead atoms. The molecule has 5 heteroatoms. The fourth-order valence-electron chi connectivity index (χ4n) is 4.51. The van der Waals surface area contributed by atoms with E-state index in [0.29, 0.717) is 19.2 Å². The topological polar surface area (TPSA) is 47.4 Å². The van der Waals surface area contributed by atoms with E-state index in [-0.39, 0.29) is 5.91 Å². The molecule has 0 saturated carbocycles. The average molecular weight is 414 g/mol. The molecule has 0 spiro atoms. The zero-order chi connectivity index (χ0) is 21.2. The molecular weight excluding hydrogens is 386 g/mol. The summed E-state index contributed by atoms with van der Waals surface area (Å²) >= 11 is 0. The van der Waals surface area contributed by atoms with E-state index in [0.717, 1.165) is 47.4 Å². The number of aromatic nitrogens is 2. The summed E-state index contributed by atoms with van der Waals surface area (Å²) in [5.74, 6) is 1.72. The number of imidazole rings is 1. The van der Waals surface area contributed by atoms with Crippen molar-refractivity contribution in [2.45, 2.75) is 45.4 Å². The van der Waals surface area contributed by atoms with Crippen LogP contribution in [0.2, 0.25) is 0 Å². The maximum Gasteiger partial charge on any atom is 0.242 e. The van der Waals surface area contributed by atoms with Crippen LogP contribution in [0.25, 0.3) is 21.8 Å². The summed E-state index contributed by atoms with van der Waals surface area (Å²) in [7, 11) is 0. The number of rotatable bonds is 5. The van der Waals surface area contributed by atoms with Crippen LogP contribution in [0.3, 0.4) is 0 Å². The van der Waals surface area contributed by atoms with Gasteiger partial charge in [0.25, 0.3) is 0 Å². The van der Waals surface area contributed by atoms with Crippen molar-refractivity contribution in [2.24, 2.45) is 0 Å². The second-order valence-electron chi connectivity index (χ2n) is 8.33. The smallest absolute Gasteiger partial charge is 0.242 e. The largest absolute Gasteiger partial charge is 0.486 e. The van der Waals surface area contributed by atoms with Crippen LogP contribution in [0.4, 0.5) is 0 Å². The highest BCUT2D eigenvalue weighted by Gasteiger charge is 2.24. The van der Waals surface area contributed by atoms with Crippen LogP contribution < -0.4 is 4.74 Å². The van der Waals surface area contributed by atoms with E-state index in [4.69, 9.17) is 9.72 Å². The number of nitrogens with zero attached hydrogens (tertiary/aromatic N) is 3. The van der Waals surface area contributed by atoms with Crippen molar-refractivity contribution in [1.82, 2.24) is 14.5 Å². The van der Waals surface area contributed by atoms with Gasteiger partial charge < -0.3 is 14.2 Å². The Morgan fingerprint density at radius 3 is 2.71 bits per heavy atom. The number of fused-ring (bicyclic) bond motifs is 2. The molecule has 3 aromatic carbocycles. The van der Waals surface area contributed by atoms with Gasteiger partial charge in [-0.2, -0.15) is 0 Å². The van der Waals surface area contributed by atoms with Gasteiger partial charge in [-0.05, 0) is 61.2 Å². The predicted molar refractivity (Wildman–Crippen MR) is 123 cm³/mol. The number of likely N-dealkylation sites (tertiary alicyclic amines) is 1. The summed E-state index contributed by atoms with van der Waals surface area (Å²) in [6.45, 7) is 3.60. The molecule has 31 heavy (non-hydrogen) atoms. The summed E-state index contributed by atoms with van der Waals surface area (Å²) in [6.07, 6.45) is 3.36. The fraction of sp³-hybridized carbons (Fsp3) is 0.308. The Morgan fingerprint density at radius 1 is 1.03 bits per heavy atom. The Labute approximate surface area is 182 Å². The third-order valence-corrected chi connectivity index (χ3v) is 6.24. The van der Waals surface area contributed by atoms with Crippen molar-refractivity contribution >= 4 is 27.7 Å². The minimum absolute atomic E-state index is 0.155. The SMILES string of the molecule is CC1CCCCN1C(=O)Cn1c(COc2ccc3ccccc3c2)nc2ccccc21. The first-order valence-corrected chi connectivity index (χ1v) is 11.0. The summed E-state index contributed by atoms with van der Waals surface area (Å²) in [5, 5.41) is 2.33. The molecule has 4 aromatic rings. The second kappa shape index (κ2) is 8.42. The van der Waals surface area contributed by atoms with Gasteiger partial charge in [-0.15, -0.1) is 0 Å². The van der Waals surface area contributed by atoms with Crippen molar-refractivity contribution in [2.75, 3.05) is 6.54 Å². The van der Waals surface area contributed by atoms with Gasteiger partial charge >= 0.3 is 0 Å². The van der Waals surface area contributed by atoms with E-state index in [1.54, 1.807) is 0 Å². The molecule has 1 aliphatic heterocycles. The monoisotopic (exact) mass is 413 g/mol. The molecule has 1 saturated heterocycles. The van der Waals surface area contributed by atoms with Gasteiger partial charge in [0, 0.05) is 12.6 Å². The van der Waals surface area contributed by atoms with E-state index < -0.39 is 0 Å². The molecule has 1 fully saturated rings. The Morgan fingerprint density at radius 2 is 1.84 bits per heavy atom. The van der Waals surface area contributed by atoms with Crippen LogP contribution in [0.5, 0.6) is 5.75 Å². The highest BCUT2D eigenvalue weighted by atomic mass is 16.5. The number of hydrogen-bond donors (Lipinski definition) is 0. The molecule has 5 rings (SSSR count). The number of para-hydroxylation sites is 2. The molecule has 1 atom stereocenters. The summed E-state index contributed by atoms with van der Waals surface area (Å²) in [5.41, 5.74) is 1.86. The standard InChI is InChI=1S/C26H27N3O2/c1-19-8-6-7-15-28(19)26(30)17-29-24-12-5-4-11-23(24)27-25(29)18-31-22-14-13-20-9-2-3-10-21(20)16-22/h2-5,9-14,16,19H,6-8,15,17-18H2,1H3. The van der Waals surface area contributed by atoms with Gasteiger partial charge in [-0.3, -0.25) is 4.79 Å². The van der Waals surface area contributed by atoms with E-state index in [1.807, 2.05) is 58.0 Å². The Hall–Kier alpha value is -3.34. The van der Waals surface area contributed by atoms with Crippen LogP contribution in [0, 0.1) is 0 Å². The molecule has 0 aliphatic carbocycles. The Bertz CT molecular complexity index is 1230. The fourth-order valence-corrected chi connectivity index (χ4v) is 4.51. The highest BCUT2D eigenvalue weighted by Crippen LogP contribution is 2.23. The van der Waals surface area contributed by atoms with Gasteiger partial charge in [0.1, 0.15) is 24.7 Å². The molecule has 2 heterocycles. The number of hydrogen-bond acceptors (Lipinski definition) is 3. The first-order valence-electron chi connectivity index (χ1n) is 11.0. The maximum atomic E-state index is 13.1. The number of ether oxygens (including phenoxy) is 1. The molecule has 1 aromatic heterocycles. The van der Waals surface area contributed by atoms with Crippen LogP contribution in [-0.2, 0) is 17.9 Å². The van der Waals surface area contributed by atoms with Crippen molar-refractivity contribution in [3.8, 4) is 5.75 Å². The van der Waals surface area contributed by atoms with Crippen molar-refractivity contribution in [3.05, 3.63) is 72.6 Å². The quantitative estimate of drug-likeness (QED) is 0.453. The van der Waals surface area contributed by atoms with Crippen LogP contribution in [0.15, 0.2) is 66.7 Å². The highest BCUT2D eigenvalue weighted by molar-refractivity contribution is 5.84. The molecule has 5 nitrogen and oxygen atoms in total. The number of carbonyl (C=O) groups excluding carboxylic acids is 1. The van der Waals surface area contributed by atoms with Crippen LogP contribution in [-0.4, -0.2) is 32.9 Å². The molecule has 1 unspecified atom stereocenters. The second-order valence-corrected chi connectivity index (χ2v) is 8.33. The number of benzene rings is 3. The predicted octanol–water partition coefficient (Wildman–Crippen LogP) is 5.17. The molecule has 158 valence electrons. The van der Waals surface area contributed by atoms with Crippen molar-refractivity contribution in [1.29, 1.82) is 0 Å². The van der Waals surface area contributed by atoms with Crippen molar-refractivity contribution in [3.63, 3.8) is 0 Å². The summed E-state index contributed by atoms with van der Waals surface area (Å²) in [6, 6.07) is 22.6. The average Bonchev–Trinajstić information content (AvgIpc) is 3.15. The summed E-state index contributed by atoms with van der Waals surface area (Å²) < 4.78 is 8.12. The van der Waals surface area contributed by atoms with Gasteiger partial charge in [0.2, 0.25) is 5.91 Å². The Balaban J connectivity index is 1.40. The van der Waals surface area contributed by atoms with E-state index in [1.165, 1.54) is 11.8 Å². The first-order chi connectivity index (χ1) is 15.2. The lowest BCUT2D eigenvalue weighted by Gasteiger charge is -2.33. The zero-order valence-electron chi connectivity index (χ0n) is 17.8. The Kier molecular flexibility index (Phi) is 5.33. The minimum Gasteiger partial charge on any atom is -0.486 e.